The summed E-state index contributed by atoms with van der Waals surface area (Å²) in [6, 6.07) is 21.5. The van der Waals surface area contributed by atoms with E-state index in [-0.39, 0.29) is 11.3 Å². The number of Topliss-reactive ketones (excluding diaryl/α,β-unsaturated/α-hetero) is 1. The zero-order chi connectivity index (χ0) is 25.1. The molecular formula is C30H31NO4. The summed E-state index contributed by atoms with van der Waals surface area (Å²) >= 11 is 0. The highest BCUT2D eigenvalue weighted by Crippen LogP contribution is 2.42. The van der Waals surface area contributed by atoms with Crippen molar-refractivity contribution < 1.29 is 19.4 Å². The number of hydrogen-bond acceptors (Lipinski definition) is 4. The summed E-state index contributed by atoms with van der Waals surface area (Å²) in [5.41, 5.74) is 3.92. The Morgan fingerprint density at radius 2 is 1.69 bits per heavy atom. The second kappa shape index (κ2) is 10.2. The average molecular weight is 470 g/mol. The lowest BCUT2D eigenvalue weighted by Crippen LogP contribution is -2.29. The van der Waals surface area contributed by atoms with Crippen LogP contribution in [0, 0.1) is 12.8 Å². The first-order chi connectivity index (χ1) is 16.8. The quantitative estimate of drug-likeness (QED) is 0.253. The maximum absolute atomic E-state index is 13.3. The molecule has 1 atom stereocenters. The number of aryl methyl sites for hydroxylation is 2. The number of nitrogens with zero attached hydrogens (tertiary/aromatic N) is 1. The van der Waals surface area contributed by atoms with Crippen molar-refractivity contribution in [1.82, 2.24) is 0 Å². The van der Waals surface area contributed by atoms with Crippen molar-refractivity contribution in [2.45, 2.75) is 40.2 Å². The number of ether oxygens (including phenoxy) is 1. The van der Waals surface area contributed by atoms with Crippen molar-refractivity contribution in [2.75, 3.05) is 11.5 Å². The van der Waals surface area contributed by atoms with Gasteiger partial charge in [0.2, 0.25) is 0 Å². The largest absolute Gasteiger partial charge is 0.507 e. The van der Waals surface area contributed by atoms with Crippen LogP contribution in [-0.2, 0) is 16.0 Å². The second-order valence-corrected chi connectivity index (χ2v) is 9.28. The highest BCUT2D eigenvalue weighted by Gasteiger charge is 2.46. The number of carbonyl (C=O) groups excluding carboxylic acids is 2. The molecule has 1 aliphatic rings. The molecule has 0 radical (unpaired) electrons. The highest BCUT2D eigenvalue weighted by atomic mass is 16.5. The number of ketones is 1. The number of para-hydroxylation sites is 1. The van der Waals surface area contributed by atoms with Gasteiger partial charge < -0.3 is 9.84 Å². The zero-order valence-corrected chi connectivity index (χ0v) is 20.6. The minimum atomic E-state index is -0.736. The number of carbonyl (C=O) groups is 2. The first-order valence-electron chi connectivity index (χ1n) is 12.0. The predicted octanol–water partition coefficient (Wildman–Crippen LogP) is 6.22. The molecule has 1 fully saturated rings. The Hall–Kier alpha value is -3.86. The van der Waals surface area contributed by atoms with E-state index in [2.05, 4.69) is 20.8 Å². The van der Waals surface area contributed by atoms with Gasteiger partial charge in [-0.3, -0.25) is 14.5 Å². The lowest BCUT2D eigenvalue weighted by molar-refractivity contribution is -0.132. The molecule has 0 spiro atoms. The zero-order valence-electron chi connectivity index (χ0n) is 20.6. The Morgan fingerprint density at radius 1 is 1.00 bits per heavy atom. The van der Waals surface area contributed by atoms with Crippen molar-refractivity contribution in [1.29, 1.82) is 0 Å². The third-order valence-electron chi connectivity index (χ3n) is 6.20. The van der Waals surface area contributed by atoms with Crippen molar-refractivity contribution in [3.05, 3.63) is 101 Å². The summed E-state index contributed by atoms with van der Waals surface area (Å²) < 4.78 is 5.86. The standard InChI is InChI=1S/C30H31NO4/c1-5-21-11-13-22(14-12-21)27-26(29(33)30(34)31(27)24-9-7-6-8-10-24)28(32)23-15-16-25(20(4)17-23)35-18-19(2)3/h6-17,19,27,32H,5,18H2,1-4H3/b28-26-. The normalized spacial score (nSPS) is 17.3. The fourth-order valence-electron chi connectivity index (χ4n) is 4.31. The van der Waals surface area contributed by atoms with E-state index in [1.165, 1.54) is 4.90 Å². The summed E-state index contributed by atoms with van der Waals surface area (Å²) in [5.74, 6) is -0.434. The number of aliphatic hydroxyl groups excluding tert-OH is 1. The maximum Gasteiger partial charge on any atom is 0.300 e. The Morgan fingerprint density at radius 3 is 2.29 bits per heavy atom. The van der Waals surface area contributed by atoms with Gasteiger partial charge in [0.15, 0.2) is 0 Å². The number of amides is 1. The SMILES string of the molecule is CCc1ccc(C2/C(=C(/O)c3ccc(OCC(C)C)c(C)c3)C(=O)C(=O)N2c2ccccc2)cc1. The van der Waals surface area contributed by atoms with E-state index in [1.807, 2.05) is 49.4 Å². The van der Waals surface area contributed by atoms with Gasteiger partial charge in [0, 0.05) is 11.3 Å². The van der Waals surface area contributed by atoms with Gasteiger partial charge in [-0.05, 0) is 66.3 Å². The van der Waals surface area contributed by atoms with Crippen LogP contribution in [0.5, 0.6) is 5.75 Å². The molecule has 0 aliphatic carbocycles. The van der Waals surface area contributed by atoms with Gasteiger partial charge in [0.1, 0.15) is 11.5 Å². The first-order valence-corrected chi connectivity index (χ1v) is 12.0. The molecule has 0 saturated carbocycles. The molecule has 180 valence electrons. The van der Waals surface area contributed by atoms with Crippen LogP contribution >= 0.6 is 0 Å². The van der Waals surface area contributed by atoms with Crippen LogP contribution in [0.1, 0.15) is 49.1 Å². The molecule has 5 heteroatoms. The van der Waals surface area contributed by atoms with Crippen molar-refractivity contribution in [3.8, 4) is 5.75 Å². The number of aliphatic hydroxyl groups is 1. The molecule has 1 N–H and O–H groups in total. The Kier molecular flexibility index (Phi) is 7.06. The molecule has 1 saturated heterocycles. The monoisotopic (exact) mass is 469 g/mol. The summed E-state index contributed by atoms with van der Waals surface area (Å²) in [4.78, 5) is 28.0. The van der Waals surface area contributed by atoms with Crippen molar-refractivity contribution in [3.63, 3.8) is 0 Å². The Balaban J connectivity index is 1.83. The molecule has 3 aromatic rings. The molecule has 1 aliphatic heterocycles. The molecule has 0 bridgehead atoms. The smallest absolute Gasteiger partial charge is 0.300 e. The van der Waals surface area contributed by atoms with Gasteiger partial charge in [-0.2, -0.15) is 0 Å². The van der Waals surface area contributed by atoms with E-state index in [0.29, 0.717) is 23.8 Å². The lowest BCUT2D eigenvalue weighted by Gasteiger charge is -2.25. The number of anilines is 1. The first kappa shape index (κ1) is 24.3. The summed E-state index contributed by atoms with van der Waals surface area (Å²) in [6.07, 6.45) is 0.879. The van der Waals surface area contributed by atoms with Crippen LogP contribution < -0.4 is 9.64 Å². The van der Waals surface area contributed by atoms with Crippen molar-refractivity contribution >= 4 is 23.1 Å². The molecule has 1 unspecified atom stereocenters. The van der Waals surface area contributed by atoms with Crippen LogP contribution in [0.15, 0.2) is 78.4 Å². The molecule has 5 nitrogen and oxygen atoms in total. The molecule has 3 aromatic carbocycles. The average Bonchev–Trinajstić information content (AvgIpc) is 3.13. The van der Waals surface area contributed by atoms with Gasteiger partial charge in [-0.1, -0.05) is 63.2 Å². The maximum atomic E-state index is 13.3. The van der Waals surface area contributed by atoms with E-state index < -0.39 is 17.7 Å². The summed E-state index contributed by atoms with van der Waals surface area (Å²) in [5, 5.41) is 11.4. The van der Waals surface area contributed by atoms with E-state index in [1.54, 1.807) is 30.3 Å². The number of benzene rings is 3. The summed E-state index contributed by atoms with van der Waals surface area (Å²) in [7, 11) is 0. The van der Waals surface area contributed by atoms with Gasteiger partial charge in [-0.15, -0.1) is 0 Å². The Labute approximate surface area is 206 Å². The van der Waals surface area contributed by atoms with Gasteiger partial charge in [-0.25, -0.2) is 0 Å². The number of hydrogen-bond donors (Lipinski definition) is 1. The lowest BCUT2D eigenvalue weighted by atomic mass is 9.94. The molecule has 35 heavy (non-hydrogen) atoms. The third-order valence-corrected chi connectivity index (χ3v) is 6.20. The minimum absolute atomic E-state index is 0.0818. The fourth-order valence-corrected chi connectivity index (χ4v) is 4.31. The van der Waals surface area contributed by atoms with E-state index in [0.717, 1.165) is 28.9 Å². The minimum Gasteiger partial charge on any atom is -0.507 e. The van der Waals surface area contributed by atoms with Crippen LogP contribution in [0.25, 0.3) is 5.76 Å². The van der Waals surface area contributed by atoms with Crippen LogP contribution in [0.2, 0.25) is 0 Å². The van der Waals surface area contributed by atoms with Crippen LogP contribution in [0.3, 0.4) is 0 Å². The van der Waals surface area contributed by atoms with Crippen LogP contribution in [-0.4, -0.2) is 23.4 Å². The third kappa shape index (κ3) is 4.85. The highest BCUT2D eigenvalue weighted by molar-refractivity contribution is 6.51. The Bertz CT molecular complexity index is 1260. The topological polar surface area (TPSA) is 66.8 Å². The van der Waals surface area contributed by atoms with E-state index >= 15 is 0 Å². The van der Waals surface area contributed by atoms with E-state index in [9.17, 15) is 14.7 Å². The van der Waals surface area contributed by atoms with E-state index in [4.69, 9.17) is 4.74 Å². The summed E-state index contributed by atoms with van der Waals surface area (Å²) in [6.45, 7) is 8.71. The van der Waals surface area contributed by atoms with Gasteiger partial charge in [0.25, 0.3) is 11.7 Å². The van der Waals surface area contributed by atoms with Crippen LogP contribution in [0.4, 0.5) is 5.69 Å². The van der Waals surface area contributed by atoms with Gasteiger partial charge >= 0.3 is 0 Å². The predicted molar refractivity (Wildman–Crippen MR) is 139 cm³/mol. The molecule has 1 amide bonds. The van der Waals surface area contributed by atoms with Crippen molar-refractivity contribution in [2.24, 2.45) is 5.92 Å². The fraction of sp³-hybridized carbons (Fsp3) is 0.267. The number of rotatable bonds is 7. The molecule has 0 aromatic heterocycles. The second-order valence-electron chi connectivity index (χ2n) is 9.28. The van der Waals surface area contributed by atoms with Gasteiger partial charge in [0.05, 0.1) is 18.2 Å². The molecule has 1 heterocycles. The molecule has 4 rings (SSSR count). The molecular weight excluding hydrogens is 438 g/mol.